The number of rotatable bonds is 7. The van der Waals surface area contributed by atoms with Crippen molar-refractivity contribution in [1.29, 1.82) is 0 Å². The number of fused-ring (bicyclic) bond motifs is 1. The van der Waals surface area contributed by atoms with E-state index in [4.69, 9.17) is 23.2 Å². The summed E-state index contributed by atoms with van der Waals surface area (Å²) in [7, 11) is 0. The van der Waals surface area contributed by atoms with E-state index in [1.54, 1.807) is 6.07 Å². The van der Waals surface area contributed by atoms with Crippen molar-refractivity contribution in [2.75, 3.05) is 13.1 Å². The predicted molar refractivity (Wildman–Crippen MR) is 117 cm³/mol. The Labute approximate surface area is 189 Å². The largest absolute Gasteiger partial charge is 0.435 e. The molecule has 1 saturated carbocycles. The Morgan fingerprint density at radius 3 is 2.48 bits per heavy atom. The molecule has 31 heavy (non-hydrogen) atoms. The molecular weight excluding hydrogens is 448 g/mol. The average molecular weight is 473 g/mol. The Balaban J connectivity index is 1.88. The van der Waals surface area contributed by atoms with Gasteiger partial charge in [-0.3, -0.25) is 13.9 Å². The molecule has 0 saturated heterocycles. The highest BCUT2D eigenvalue weighted by molar-refractivity contribution is 6.33. The first-order chi connectivity index (χ1) is 14.6. The van der Waals surface area contributed by atoms with Crippen molar-refractivity contribution in [3.8, 4) is 5.69 Å². The van der Waals surface area contributed by atoms with Crippen molar-refractivity contribution < 1.29 is 13.2 Å². The molecule has 0 radical (unpaired) electrons. The van der Waals surface area contributed by atoms with E-state index in [-0.39, 0.29) is 23.2 Å². The molecule has 4 rings (SSSR count). The summed E-state index contributed by atoms with van der Waals surface area (Å²) in [6.07, 6.45) is 0.0899. The molecule has 4 nitrogen and oxygen atoms in total. The molecule has 0 N–H and O–H groups in total. The van der Waals surface area contributed by atoms with E-state index in [2.05, 4.69) is 9.88 Å². The van der Waals surface area contributed by atoms with Crippen molar-refractivity contribution in [1.82, 2.24) is 18.9 Å². The number of imidazole rings is 2. The fourth-order valence-corrected chi connectivity index (χ4v) is 4.87. The Bertz CT molecular complexity index is 1090. The molecule has 2 aromatic heterocycles. The molecule has 1 aromatic carbocycles. The number of hydrogen-bond acceptors (Lipinski definition) is 2. The Morgan fingerprint density at radius 1 is 1.19 bits per heavy atom. The molecule has 1 fully saturated rings. The fraction of sp³-hybridized carbons (Fsp3) is 0.500. The van der Waals surface area contributed by atoms with Crippen LogP contribution in [0.25, 0.3) is 11.5 Å². The predicted octanol–water partition coefficient (Wildman–Crippen LogP) is 6.69. The third-order valence-corrected chi connectivity index (χ3v) is 6.21. The van der Waals surface area contributed by atoms with Crippen LogP contribution in [0.5, 0.6) is 0 Å². The molecule has 0 bridgehead atoms. The van der Waals surface area contributed by atoms with Crippen LogP contribution in [0.15, 0.2) is 18.3 Å². The summed E-state index contributed by atoms with van der Waals surface area (Å²) in [5.41, 5.74) is 1.55. The molecular formula is C22H25Cl2F3N4. The maximum absolute atomic E-state index is 14.0. The molecule has 0 aliphatic heterocycles. The van der Waals surface area contributed by atoms with Crippen molar-refractivity contribution in [2.45, 2.75) is 52.8 Å². The number of aromatic nitrogens is 3. The van der Waals surface area contributed by atoms with Gasteiger partial charge in [-0.25, -0.2) is 4.98 Å². The Kier molecular flexibility index (Phi) is 6.05. The van der Waals surface area contributed by atoms with Crippen LogP contribution in [0.4, 0.5) is 13.2 Å². The van der Waals surface area contributed by atoms with Gasteiger partial charge in [0.15, 0.2) is 5.69 Å². The van der Waals surface area contributed by atoms with Crippen LogP contribution in [0.1, 0.15) is 48.7 Å². The number of hydrogen-bond donors (Lipinski definition) is 0. The van der Waals surface area contributed by atoms with E-state index < -0.39 is 11.9 Å². The summed E-state index contributed by atoms with van der Waals surface area (Å²) in [5.74, 6) is 0.690. The van der Waals surface area contributed by atoms with Crippen molar-refractivity contribution >= 4 is 29.0 Å². The first kappa shape index (κ1) is 22.5. The maximum atomic E-state index is 14.0. The van der Waals surface area contributed by atoms with Gasteiger partial charge in [-0.1, -0.05) is 36.2 Å². The van der Waals surface area contributed by atoms with Crippen LogP contribution in [0.2, 0.25) is 10.2 Å². The first-order valence-corrected chi connectivity index (χ1v) is 11.2. The summed E-state index contributed by atoms with van der Waals surface area (Å²) in [6, 6.07) is 3.69. The monoisotopic (exact) mass is 472 g/mol. The quantitative estimate of drug-likeness (QED) is 0.382. The van der Waals surface area contributed by atoms with Crippen LogP contribution < -0.4 is 0 Å². The van der Waals surface area contributed by atoms with Gasteiger partial charge in [0.25, 0.3) is 0 Å². The zero-order valence-electron chi connectivity index (χ0n) is 17.7. The van der Waals surface area contributed by atoms with Gasteiger partial charge in [0.05, 0.1) is 16.4 Å². The molecule has 0 spiro atoms. The third kappa shape index (κ3) is 4.45. The summed E-state index contributed by atoms with van der Waals surface area (Å²) in [6.45, 7) is 7.50. The van der Waals surface area contributed by atoms with Crippen molar-refractivity contribution in [2.24, 2.45) is 5.92 Å². The zero-order valence-corrected chi connectivity index (χ0v) is 19.2. The van der Waals surface area contributed by atoms with Gasteiger partial charge in [-0.05, 0) is 62.8 Å². The van der Waals surface area contributed by atoms with E-state index in [1.165, 1.54) is 15.2 Å². The number of nitrogens with zero attached hydrogens (tertiary/aromatic N) is 4. The lowest BCUT2D eigenvalue weighted by Gasteiger charge is -2.22. The lowest BCUT2D eigenvalue weighted by Crippen LogP contribution is -2.28. The summed E-state index contributed by atoms with van der Waals surface area (Å²) >= 11 is 13.0. The topological polar surface area (TPSA) is 25.5 Å². The normalized spacial score (nSPS) is 14.9. The van der Waals surface area contributed by atoms with E-state index in [1.807, 2.05) is 26.8 Å². The van der Waals surface area contributed by atoms with Crippen molar-refractivity contribution in [3.05, 3.63) is 51.0 Å². The highest BCUT2D eigenvalue weighted by atomic mass is 35.5. The minimum absolute atomic E-state index is 0.109. The zero-order chi connectivity index (χ0) is 22.5. The van der Waals surface area contributed by atoms with Gasteiger partial charge in [-0.2, -0.15) is 13.2 Å². The van der Waals surface area contributed by atoms with Gasteiger partial charge >= 0.3 is 6.18 Å². The Hall–Kier alpha value is -1.70. The number of alkyl halides is 3. The van der Waals surface area contributed by atoms with E-state index in [0.29, 0.717) is 16.6 Å². The molecule has 0 amide bonds. The molecule has 168 valence electrons. The fourth-order valence-electron chi connectivity index (χ4n) is 4.21. The minimum atomic E-state index is -4.57. The van der Waals surface area contributed by atoms with E-state index in [0.717, 1.165) is 43.5 Å². The third-order valence-electron chi connectivity index (χ3n) is 5.66. The highest BCUT2D eigenvalue weighted by Crippen LogP contribution is 2.37. The molecule has 0 atom stereocenters. The maximum Gasteiger partial charge on any atom is 0.435 e. The second-order valence-corrected chi connectivity index (χ2v) is 9.25. The number of benzene rings is 1. The smallest absolute Gasteiger partial charge is 0.297 e. The summed E-state index contributed by atoms with van der Waals surface area (Å²) in [5, 5.41) is 0.674. The second-order valence-electron chi connectivity index (χ2n) is 8.45. The summed E-state index contributed by atoms with van der Waals surface area (Å²) < 4.78 is 44.8. The van der Waals surface area contributed by atoms with Gasteiger partial charge in [0, 0.05) is 19.3 Å². The molecule has 2 heterocycles. The first-order valence-electron chi connectivity index (χ1n) is 10.4. The molecule has 0 unspecified atom stereocenters. The van der Waals surface area contributed by atoms with Crippen LogP contribution in [-0.4, -0.2) is 31.9 Å². The molecule has 1 aliphatic rings. The van der Waals surface area contributed by atoms with Crippen LogP contribution in [0, 0.1) is 19.8 Å². The van der Waals surface area contributed by atoms with Gasteiger partial charge in [0.2, 0.25) is 5.78 Å². The lowest BCUT2D eigenvalue weighted by atomic mass is 10.1. The Morgan fingerprint density at radius 2 is 1.90 bits per heavy atom. The SMILES string of the molecule is CCCN(Cc1c(C(F)(F)F)nc2n(-c3c(C)cc(C)cc3Cl)c(Cl)cn12)CC1CC1. The van der Waals surface area contributed by atoms with E-state index in [9.17, 15) is 13.2 Å². The van der Waals surface area contributed by atoms with Crippen molar-refractivity contribution in [3.63, 3.8) is 0 Å². The van der Waals surface area contributed by atoms with Gasteiger partial charge in [0.1, 0.15) is 5.15 Å². The van der Waals surface area contributed by atoms with Crippen LogP contribution in [-0.2, 0) is 12.7 Å². The average Bonchev–Trinajstić information content (AvgIpc) is 3.31. The van der Waals surface area contributed by atoms with Crippen LogP contribution >= 0.6 is 23.2 Å². The van der Waals surface area contributed by atoms with Crippen LogP contribution in [0.3, 0.4) is 0 Å². The molecule has 1 aliphatic carbocycles. The highest BCUT2D eigenvalue weighted by Gasteiger charge is 2.39. The van der Waals surface area contributed by atoms with Gasteiger partial charge < -0.3 is 0 Å². The van der Waals surface area contributed by atoms with Gasteiger partial charge in [-0.15, -0.1) is 0 Å². The standard InChI is InChI=1S/C22H25Cl2F3N4/c1-4-7-29(10-15-5-6-15)11-17-20(22(25,26)27)28-21-30(17)12-18(24)31(21)19-14(3)8-13(2)9-16(19)23/h8-9,12,15H,4-7,10-11H2,1-3H3. The molecule has 3 aromatic rings. The molecule has 9 heteroatoms. The number of halogens is 5. The minimum Gasteiger partial charge on any atom is -0.297 e. The summed E-state index contributed by atoms with van der Waals surface area (Å²) in [4.78, 5) is 6.11. The lowest BCUT2D eigenvalue weighted by molar-refractivity contribution is -0.141. The number of aryl methyl sites for hydroxylation is 2. The van der Waals surface area contributed by atoms with E-state index >= 15 is 0 Å². The second kappa shape index (κ2) is 8.34.